The van der Waals surface area contributed by atoms with E-state index in [0.29, 0.717) is 5.92 Å². The molecule has 0 aromatic carbocycles. The van der Waals surface area contributed by atoms with Gasteiger partial charge in [0.05, 0.1) is 12.2 Å². The van der Waals surface area contributed by atoms with Gasteiger partial charge in [-0.05, 0) is 30.9 Å². The van der Waals surface area contributed by atoms with Crippen molar-refractivity contribution in [1.82, 2.24) is 4.98 Å². The molecule has 1 aromatic rings. The van der Waals surface area contributed by atoms with E-state index < -0.39 is 11.9 Å². The number of oxime groups is 1. The van der Waals surface area contributed by atoms with Crippen LogP contribution in [0, 0.1) is 5.92 Å². The number of pyridine rings is 1. The molecule has 8 heteroatoms. The molecule has 1 fully saturated rings. The second kappa shape index (κ2) is 6.19. The number of alkyl halides is 3. The van der Waals surface area contributed by atoms with Crippen LogP contribution in [-0.2, 0) is 6.18 Å². The summed E-state index contributed by atoms with van der Waals surface area (Å²) < 4.78 is 43.5. The summed E-state index contributed by atoms with van der Waals surface area (Å²) in [5.74, 6) is -0.286. The number of aromatic nitrogens is 1. The van der Waals surface area contributed by atoms with Gasteiger partial charge in [0.15, 0.2) is 5.84 Å². The van der Waals surface area contributed by atoms with Gasteiger partial charge in [-0.25, -0.2) is 4.98 Å². The lowest BCUT2D eigenvalue weighted by molar-refractivity contribution is -0.141. The van der Waals surface area contributed by atoms with Crippen molar-refractivity contribution in [3.8, 4) is 5.88 Å². The Morgan fingerprint density at radius 3 is 2.62 bits per heavy atom. The molecule has 5 nitrogen and oxygen atoms in total. The van der Waals surface area contributed by atoms with Crippen LogP contribution in [0.25, 0.3) is 0 Å². The zero-order valence-electron chi connectivity index (χ0n) is 11.2. The van der Waals surface area contributed by atoms with Gasteiger partial charge < -0.3 is 15.7 Å². The standard InChI is InChI=1S/C13H16F3N3O2/c14-13(15,16)10-6-5-9(11(17)19-20)12(18-10)21-7-8-3-1-2-4-8/h5-6,8,20H,1-4,7H2,(H2,17,19). The number of hydrogen-bond acceptors (Lipinski definition) is 4. The number of amidine groups is 1. The van der Waals surface area contributed by atoms with Crippen molar-refractivity contribution in [2.24, 2.45) is 16.8 Å². The summed E-state index contributed by atoms with van der Waals surface area (Å²) in [5, 5.41) is 11.5. The first-order valence-electron chi connectivity index (χ1n) is 6.60. The number of hydrogen-bond donors (Lipinski definition) is 2. The van der Waals surface area contributed by atoms with Gasteiger partial charge in [0.1, 0.15) is 5.69 Å². The number of halogens is 3. The predicted molar refractivity (Wildman–Crippen MR) is 69.2 cm³/mol. The van der Waals surface area contributed by atoms with Gasteiger partial charge in [-0.2, -0.15) is 13.2 Å². The summed E-state index contributed by atoms with van der Waals surface area (Å²) in [5.41, 5.74) is 4.41. The first kappa shape index (κ1) is 15.4. The Balaban J connectivity index is 2.24. The molecule has 1 heterocycles. The van der Waals surface area contributed by atoms with Crippen LogP contribution in [0.4, 0.5) is 13.2 Å². The quantitative estimate of drug-likeness (QED) is 0.388. The number of rotatable bonds is 4. The molecular weight excluding hydrogens is 287 g/mol. The molecular formula is C13H16F3N3O2. The van der Waals surface area contributed by atoms with Crippen LogP contribution in [0.5, 0.6) is 5.88 Å². The Hall–Kier alpha value is -1.99. The topological polar surface area (TPSA) is 80.7 Å². The molecule has 0 saturated heterocycles. The van der Waals surface area contributed by atoms with Gasteiger partial charge in [0, 0.05) is 0 Å². The third-order valence-corrected chi connectivity index (χ3v) is 3.46. The average molecular weight is 303 g/mol. The normalized spacial score (nSPS) is 17.2. The zero-order chi connectivity index (χ0) is 15.5. The highest BCUT2D eigenvalue weighted by atomic mass is 19.4. The fraction of sp³-hybridized carbons (Fsp3) is 0.538. The van der Waals surface area contributed by atoms with Gasteiger partial charge in [0.2, 0.25) is 5.88 Å². The van der Waals surface area contributed by atoms with Gasteiger partial charge in [-0.3, -0.25) is 0 Å². The molecule has 0 aliphatic heterocycles. The van der Waals surface area contributed by atoms with Gasteiger partial charge in [-0.1, -0.05) is 18.0 Å². The summed E-state index contributed by atoms with van der Waals surface area (Å²) in [4.78, 5) is 3.45. The molecule has 21 heavy (non-hydrogen) atoms. The highest BCUT2D eigenvalue weighted by Crippen LogP contribution is 2.31. The van der Waals surface area contributed by atoms with E-state index in [1.165, 1.54) is 0 Å². The minimum Gasteiger partial charge on any atom is -0.477 e. The summed E-state index contributed by atoms with van der Waals surface area (Å²) in [6.07, 6.45) is -0.418. The maximum atomic E-state index is 12.7. The fourth-order valence-corrected chi connectivity index (χ4v) is 2.33. The van der Waals surface area contributed by atoms with E-state index in [2.05, 4.69) is 10.1 Å². The van der Waals surface area contributed by atoms with Crippen molar-refractivity contribution < 1.29 is 23.1 Å². The monoisotopic (exact) mass is 303 g/mol. The molecule has 0 atom stereocenters. The highest BCUT2D eigenvalue weighted by molar-refractivity contribution is 5.99. The molecule has 1 aromatic heterocycles. The zero-order valence-corrected chi connectivity index (χ0v) is 11.2. The van der Waals surface area contributed by atoms with Crippen LogP contribution in [0.3, 0.4) is 0 Å². The van der Waals surface area contributed by atoms with Crippen molar-refractivity contribution in [3.63, 3.8) is 0 Å². The van der Waals surface area contributed by atoms with Crippen LogP contribution in [0.1, 0.15) is 36.9 Å². The highest BCUT2D eigenvalue weighted by Gasteiger charge is 2.33. The molecule has 1 aliphatic rings. The molecule has 0 radical (unpaired) electrons. The lowest BCUT2D eigenvalue weighted by atomic mass is 10.1. The predicted octanol–water partition coefficient (Wildman–Crippen LogP) is 2.76. The molecule has 2 rings (SSSR count). The molecule has 0 amide bonds. The smallest absolute Gasteiger partial charge is 0.433 e. The molecule has 1 aliphatic carbocycles. The van der Waals surface area contributed by atoms with Crippen molar-refractivity contribution in [3.05, 3.63) is 23.4 Å². The fourth-order valence-electron chi connectivity index (χ4n) is 2.33. The molecule has 0 unspecified atom stereocenters. The van der Waals surface area contributed by atoms with Crippen molar-refractivity contribution in [2.75, 3.05) is 6.61 Å². The number of nitrogens with two attached hydrogens (primary N) is 1. The van der Waals surface area contributed by atoms with Gasteiger partial charge in [-0.15, -0.1) is 0 Å². The molecule has 3 N–H and O–H groups in total. The Labute approximate surface area is 119 Å². The lowest BCUT2D eigenvalue weighted by Crippen LogP contribution is -2.19. The van der Waals surface area contributed by atoms with Crippen molar-refractivity contribution in [2.45, 2.75) is 31.9 Å². The lowest BCUT2D eigenvalue weighted by Gasteiger charge is -2.15. The van der Waals surface area contributed by atoms with E-state index >= 15 is 0 Å². The van der Waals surface area contributed by atoms with E-state index in [1.54, 1.807) is 0 Å². The Bertz CT molecular complexity index is 526. The van der Waals surface area contributed by atoms with Crippen LogP contribution in [-0.4, -0.2) is 22.6 Å². The van der Waals surface area contributed by atoms with E-state index in [9.17, 15) is 13.2 Å². The maximum Gasteiger partial charge on any atom is 0.433 e. The van der Waals surface area contributed by atoms with Crippen LogP contribution >= 0.6 is 0 Å². The Morgan fingerprint density at radius 1 is 1.38 bits per heavy atom. The summed E-state index contributed by atoms with van der Waals surface area (Å²) in [6, 6.07) is 1.87. The van der Waals surface area contributed by atoms with Crippen LogP contribution in [0.15, 0.2) is 17.3 Å². The summed E-state index contributed by atoms with van der Waals surface area (Å²) >= 11 is 0. The van der Waals surface area contributed by atoms with Crippen molar-refractivity contribution >= 4 is 5.84 Å². The first-order chi connectivity index (χ1) is 9.91. The van der Waals surface area contributed by atoms with Gasteiger partial charge >= 0.3 is 6.18 Å². The van der Waals surface area contributed by atoms with E-state index in [0.717, 1.165) is 37.8 Å². The van der Waals surface area contributed by atoms with E-state index in [4.69, 9.17) is 15.7 Å². The Kier molecular flexibility index (Phi) is 4.54. The second-order valence-electron chi connectivity index (χ2n) is 4.99. The molecule has 1 saturated carbocycles. The number of ether oxygens (including phenoxy) is 1. The Morgan fingerprint density at radius 2 is 2.05 bits per heavy atom. The largest absolute Gasteiger partial charge is 0.477 e. The summed E-state index contributed by atoms with van der Waals surface area (Å²) in [6.45, 7) is 0.278. The van der Waals surface area contributed by atoms with Crippen molar-refractivity contribution in [1.29, 1.82) is 0 Å². The molecule has 0 spiro atoms. The van der Waals surface area contributed by atoms with Gasteiger partial charge in [0.25, 0.3) is 0 Å². The third kappa shape index (κ3) is 3.77. The molecule has 116 valence electrons. The second-order valence-corrected chi connectivity index (χ2v) is 4.99. The maximum absolute atomic E-state index is 12.7. The first-order valence-corrected chi connectivity index (χ1v) is 6.60. The average Bonchev–Trinajstić information content (AvgIpc) is 2.96. The number of nitrogens with zero attached hydrogens (tertiary/aromatic N) is 2. The van der Waals surface area contributed by atoms with Crippen LogP contribution < -0.4 is 10.5 Å². The minimum absolute atomic E-state index is 0.0449. The van der Waals surface area contributed by atoms with E-state index in [1.807, 2.05) is 0 Å². The third-order valence-electron chi connectivity index (χ3n) is 3.46. The summed E-state index contributed by atoms with van der Waals surface area (Å²) in [7, 11) is 0. The minimum atomic E-state index is -4.57. The van der Waals surface area contributed by atoms with E-state index in [-0.39, 0.29) is 23.9 Å². The molecule has 0 bridgehead atoms. The SMILES string of the molecule is NC(=NO)c1ccc(C(F)(F)F)nc1OCC1CCCC1. The van der Waals surface area contributed by atoms with Crippen LogP contribution in [0.2, 0.25) is 0 Å².